The Morgan fingerprint density at radius 1 is 1.15 bits per heavy atom. The zero-order chi connectivity index (χ0) is 9.42. The Hall–Kier alpha value is -1.19. The summed E-state index contributed by atoms with van der Waals surface area (Å²) in [6, 6.07) is 0.598. The highest BCUT2D eigenvalue weighted by atomic mass is 19.2. The van der Waals surface area contributed by atoms with E-state index in [-0.39, 0.29) is 11.3 Å². The molecule has 1 aromatic carbocycles. The minimum Gasteiger partial charge on any atom is -0.382 e. The van der Waals surface area contributed by atoms with Gasteiger partial charge in [0.2, 0.25) is 0 Å². The molecule has 1 aliphatic rings. The molecule has 0 unspecified atom stereocenters. The second-order valence-corrected chi connectivity index (χ2v) is 3.04. The molecule has 4 heteroatoms. The van der Waals surface area contributed by atoms with Crippen molar-refractivity contribution in [1.29, 1.82) is 0 Å². The van der Waals surface area contributed by atoms with Crippen LogP contribution in [0.15, 0.2) is 6.07 Å². The molecule has 1 aliphatic heterocycles. The molecule has 2 rings (SSSR count). The van der Waals surface area contributed by atoms with Gasteiger partial charge in [-0.1, -0.05) is 0 Å². The molecule has 13 heavy (non-hydrogen) atoms. The van der Waals surface area contributed by atoms with Crippen LogP contribution in [0.4, 0.5) is 18.9 Å². The molecule has 1 N–H and O–H groups in total. The molecule has 0 fully saturated rings. The summed E-state index contributed by atoms with van der Waals surface area (Å²) in [4.78, 5) is 0. The predicted octanol–water partition coefficient (Wildman–Crippen LogP) is 2.46. The lowest BCUT2D eigenvalue weighted by atomic mass is 10.0. The van der Waals surface area contributed by atoms with Crippen molar-refractivity contribution in [1.82, 2.24) is 0 Å². The summed E-state index contributed by atoms with van der Waals surface area (Å²) in [6.45, 7) is 0.562. The van der Waals surface area contributed by atoms with Crippen LogP contribution < -0.4 is 5.32 Å². The average molecular weight is 187 g/mol. The van der Waals surface area contributed by atoms with E-state index in [4.69, 9.17) is 0 Å². The second-order valence-electron chi connectivity index (χ2n) is 3.04. The maximum Gasteiger partial charge on any atom is 0.182 e. The summed E-state index contributed by atoms with van der Waals surface area (Å²) in [5.41, 5.74) is 0.244. The Bertz CT molecular complexity index is 349. The van der Waals surface area contributed by atoms with Gasteiger partial charge in [-0.25, -0.2) is 13.2 Å². The normalized spacial score (nSPS) is 15.0. The Labute approximate surface area is 73.6 Å². The van der Waals surface area contributed by atoms with Crippen molar-refractivity contribution >= 4 is 5.69 Å². The third-order valence-corrected chi connectivity index (χ3v) is 2.18. The third kappa shape index (κ3) is 1.26. The summed E-state index contributed by atoms with van der Waals surface area (Å²) in [7, 11) is 0. The van der Waals surface area contributed by atoms with E-state index in [0.717, 1.165) is 6.42 Å². The van der Waals surface area contributed by atoms with Crippen molar-refractivity contribution in [2.75, 3.05) is 11.9 Å². The fourth-order valence-corrected chi connectivity index (χ4v) is 1.54. The molecule has 0 aliphatic carbocycles. The maximum absolute atomic E-state index is 13.1. The summed E-state index contributed by atoms with van der Waals surface area (Å²) in [6.07, 6.45) is 1.21. The van der Waals surface area contributed by atoms with E-state index in [0.29, 0.717) is 19.0 Å². The van der Waals surface area contributed by atoms with Gasteiger partial charge in [-0.2, -0.15) is 0 Å². The molecule has 0 saturated carbocycles. The van der Waals surface area contributed by atoms with Crippen molar-refractivity contribution in [2.24, 2.45) is 0 Å². The first-order valence-electron chi connectivity index (χ1n) is 4.10. The number of fused-ring (bicyclic) bond motifs is 1. The second kappa shape index (κ2) is 2.94. The maximum atomic E-state index is 13.1. The number of halogens is 3. The Balaban J connectivity index is 2.63. The fraction of sp³-hybridized carbons (Fsp3) is 0.333. The third-order valence-electron chi connectivity index (χ3n) is 2.18. The van der Waals surface area contributed by atoms with Gasteiger partial charge in [-0.3, -0.25) is 0 Å². The Morgan fingerprint density at radius 3 is 2.69 bits per heavy atom. The molecular formula is C9H8F3N. The van der Waals surface area contributed by atoms with Crippen LogP contribution in [0.2, 0.25) is 0 Å². The molecule has 0 atom stereocenters. The van der Waals surface area contributed by atoms with Crippen molar-refractivity contribution in [3.05, 3.63) is 29.1 Å². The highest BCUT2D eigenvalue weighted by Crippen LogP contribution is 2.29. The molecule has 1 nitrogen and oxygen atoms in total. The SMILES string of the molecule is Fc1cc(F)c2c(c1F)NCCC2. The monoisotopic (exact) mass is 187 g/mol. The van der Waals surface area contributed by atoms with Gasteiger partial charge in [0.05, 0.1) is 5.69 Å². The predicted molar refractivity (Wildman–Crippen MR) is 43.1 cm³/mol. The largest absolute Gasteiger partial charge is 0.382 e. The molecule has 0 saturated heterocycles. The van der Waals surface area contributed by atoms with Crippen molar-refractivity contribution < 1.29 is 13.2 Å². The van der Waals surface area contributed by atoms with Gasteiger partial charge in [-0.15, -0.1) is 0 Å². The topological polar surface area (TPSA) is 12.0 Å². The van der Waals surface area contributed by atoms with Gasteiger partial charge >= 0.3 is 0 Å². The van der Waals surface area contributed by atoms with Crippen LogP contribution in [0.25, 0.3) is 0 Å². The molecule has 0 amide bonds. The van der Waals surface area contributed by atoms with Crippen LogP contribution in [-0.2, 0) is 6.42 Å². The molecular weight excluding hydrogens is 179 g/mol. The highest BCUT2D eigenvalue weighted by molar-refractivity contribution is 5.55. The van der Waals surface area contributed by atoms with E-state index in [1.54, 1.807) is 0 Å². The van der Waals surface area contributed by atoms with Gasteiger partial charge in [0.25, 0.3) is 0 Å². The van der Waals surface area contributed by atoms with Crippen LogP contribution in [0.5, 0.6) is 0 Å². The lowest BCUT2D eigenvalue weighted by Gasteiger charge is -2.19. The molecule has 0 bridgehead atoms. The Morgan fingerprint density at radius 2 is 1.92 bits per heavy atom. The summed E-state index contributed by atoms with van der Waals surface area (Å²) < 4.78 is 38.8. The van der Waals surface area contributed by atoms with Crippen LogP contribution >= 0.6 is 0 Å². The fourth-order valence-electron chi connectivity index (χ4n) is 1.54. The minimum atomic E-state index is -1.13. The van der Waals surface area contributed by atoms with E-state index < -0.39 is 17.5 Å². The lowest BCUT2D eigenvalue weighted by Crippen LogP contribution is -2.15. The van der Waals surface area contributed by atoms with E-state index in [2.05, 4.69) is 5.32 Å². The van der Waals surface area contributed by atoms with Gasteiger partial charge in [0, 0.05) is 18.2 Å². The van der Waals surface area contributed by atoms with E-state index in [1.807, 2.05) is 0 Å². The van der Waals surface area contributed by atoms with E-state index in [1.165, 1.54) is 0 Å². The minimum absolute atomic E-state index is 0.0104. The standard InChI is InChI=1S/C9H8F3N/c10-6-4-7(11)8(12)9-5(6)2-1-3-13-9/h4,13H,1-3H2. The summed E-state index contributed by atoms with van der Waals surface area (Å²) >= 11 is 0. The number of hydrogen-bond donors (Lipinski definition) is 1. The Kier molecular flexibility index (Phi) is 1.90. The van der Waals surface area contributed by atoms with Crippen LogP contribution in [0, 0.1) is 17.5 Å². The van der Waals surface area contributed by atoms with Gasteiger partial charge in [-0.05, 0) is 12.8 Å². The molecule has 1 aromatic rings. The molecule has 70 valence electrons. The zero-order valence-electron chi connectivity index (χ0n) is 6.83. The number of anilines is 1. The van der Waals surface area contributed by atoms with Crippen molar-refractivity contribution in [3.63, 3.8) is 0 Å². The first kappa shape index (κ1) is 8.41. The van der Waals surface area contributed by atoms with Crippen molar-refractivity contribution in [3.8, 4) is 0 Å². The smallest absolute Gasteiger partial charge is 0.182 e. The zero-order valence-corrected chi connectivity index (χ0v) is 6.83. The van der Waals surface area contributed by atoms with E-state index in [9.17, 15) is 13.2 Å². The lowest BCUT2D eigenvalue weighted by molar-refractivity contribution is 0.489. The first-order chi connectivity index (χ1) is 6.20. The van der Waals surface area contributed by atoms with Crippen LogP contribution in [-0.4, -0.2) is 6.54 Å². The van der Waals surface area contributed by atoms with Gasteiger partial charge < -0.3 is 5.32 Å². The summed E-state index contributed by atoms with van der Waals surface area (Å²) in [5, 5.41) is 2.66. The number of hydrogen-bond acceptors (Lipinski definition) is 1. The number of rotatable bonds is 0. The number of nitrogens with one attached hydrogen (secondary N) is 1. The molecule has 1 heterocycles. The van der Waals surface area contributed by atoms with Crippen molar-refractivity contribution in [2.45, 2.75) is 12.8 Å². The average Bonchev–Trinajstić information content (AvgIpc) is 2.15. The summed E-state index contributed by atoms with van der Waals surface area (Å²) in [5.74, 6) is -2.78. The van der Waals surface area contributed by atoms with Crippen LogP contribution in [0.1, 0.15) is 12.0 Å². The first-order valence-corrected chi connectivity index (χ1v) is 4.10. The number of benzene rings is 1. The van der Waals surface area contributed by atoms with E-state index >= 15 is 0 Å². The molecule has 0 radical (unpaired) electrons. The van der Waals surface area contributed by atoms with Crippen LogP contribution in [0.3, 0.4) is 0 Å². The molecule has 0 spiro atoms. The highest BCUT2D eigenvalue weighted by Gasteiger charge is 2.20. The molecule has 0 aromatic heterocycles. The quantitative estimate of drug-likeness (QED) is 0.615. The van der Waals surface area contributed by atoms with Gasteiger partial charge in [0.1, 0.15) is 5.82 Å². The van der Waals surface area contributed by atoms with Gasteiger partial charge in [0.15, 0.2) is 11.6 Å².